The first-order valence-electron chi connectivity index (χ1n) is 9.23. The summed E-state index contributed by atoms with van der Waals surface area (Å²) >= 11 is 11.6. The molecule has 34 heavy (non-hydrogen) atoms. The molecule has 178 valence electrons. The van der Waals surface area contributed by atoms with Crippen molar-refractivity contribution in [3.8, 4) is 5.69 Å². The zero-order chi connectivity index (χ0) is 25.1. The molecule has 0 fully saturated rings. The standard InChI is InChI=1S/C20H10Cl2F6N4O2/c21-10-3-1-9(2-4-10)14-29-15-13(18(31-14,19(23,24)25)20(26,27)28)16(33)30-17(34)32(15)12-7-5-11(22)6-8-12/h1-8H,(H,29,31)(H,30,33,34)/p+1. The van der Waals surface area contributed by atoms with Gasteiger partial charge < -0.3 is 0 Å². The Morgan fingerprint density at radius 3 is 1.82 bits per heavy atom. The molecule has 1 aliphatic heterocycles. The fourth-order valence-electron chi connectivity index (χ4n) is 3.59. The summed E-state index contributed by atoms with van der Waals surface area (Å²) < 4.78 is 86.2. The molecule has 1 aliphatic rings. The minimum absolute atomic E-state index is 0.148. The van der Waals surface area contributed by atoms with Crippen LogP contribution in [0.2, 0.25) is 10.0 Å². The number of benzene rings is 2. The summed E-state index contributed by atoms with van der Waals surface area (Å²) in [6.45, 7) is 0. The number of H-pyrrole nitrogens is 1. The molecular weight excluding hydrogens is 513 g/mol. The maximum atomic E-state index is 14.3. The van der Waals surface area contributed by atoms with Gasteiger partial charge in [-0.3, -0.25) is 9.78 Å². The molecular formula is C20H11Cl2F6N4O2+. The van der Waals surface area contributed by atoms with E-state index in [4.69, 9.17) is 23.2 Å². The highest BCUT2D eigenvalue weighted by atomic mass is 35.5. The normalized spacial score (nSPS) is 15.4. The summed E-state index contributed by atoms with van der Waals surface area (Å²) in [5.74, 6) is -1.78. The lowest BCUT2D eigenvalue weighted by Crippen LogP contribution is -2.97. The third kappa shape index (κ3) is 3.66. The van der Waals surface area contributed by atoms with Crippen LogP contribution in [0.15, 0.2) is 58.1 Å². The van der Waals surface area contributed by atoms with E-state index in [9.17, 15) is 35.9 Å². The van der Waals surface area contributed by atoms with Gasteiger partial charge in [-0.05, 0) is 48.5 Å². The van der Waals surface area contributed by atoms with Crippen molar-refractivity contribution in [2.75, 3.05) is 5.32 Å². The second-order valence-electron chi connectivity index (χ2n) is 7.17. The fraction of sp³-hybridized carbons (Fsp3) is 0.150. The number of aromatic amines is 1. The average molecular weight is 524 g/mol. The molecule has 2 aromatic carbocycles. The predicted octanol–water partition coefficient (Wildman–Crippen LogP) is 3.11. The van der Waals surface area contributed by atoms with Crippen LogP contribution in [-0.4, -0.2) is 27.7 Å². The Labute approximate surface area is 195 Å². The molecule has 0 amide bonds. The van der Waals surface area contributed by atoms with Gasteiger partial charge in [0.1, 0.15) is 5.56 Å². The SMILES string of the molecule is O=c1[nH]c(=O)n(-c2ccc(Cl)cc2)c2c1C(C(F)(F)F)(C(F)(F)F)[NH+]=C(c1ccc(Cl)cc1)N2. The van der Waals surface area contributed by atoms with Crippen LogP contribution >= 0.6 is 23.2 Å². The van der Waals surface area contributed by atoms with Gasteiger partial charge in [-0.1, -0.05) is 23.2 Å². The first-order chi connectivity index (χ1) is 15.8. The van der Waals surface area contributed by atoms with Crippen LogP contribution in [0.25, 0.3) is 5.69 Å². The monoisotopic (exact) mass is 523 g/mol. The van der Waals surface area contributed by atoms with Crippen molar-refractivity contribution >= 4 is 34.9 Å². The number of hydrogen-bond donors (Lipinski definition) is 3. The number of hydrogen-bond acceptors (Lipinski definition) is 3. The molecule has 0 unspecified atom stereocenters. The number of alkyl halides is 6. The number of rotatable bonds is 2. The Balaban J connectivity index is 2.17. The Bertz CT molecular complexity index is 1390. The quantitative estimate of drug-likeness (QED) is 0.451. The molecule has 14 heteroatoms. The van der Waals surface area contributed by atoms with E-state index >= 15 is 0 Å². The molecule has 0 spiro atoms. The van der Waals surface area contributed by atoms with Gasteiger partial charge >= 0.3 is 23.6 Å². The molecule has 3 aromatic rings. The minimum Gasteiger partial charge on any atom is -0.273 e. The molecule has 0 saturated carbocycles. The van der Waals surface area contributed by atoms with E-state index in [1.54, 1.807) is 4.98 Å². The summed E-state index contributed by atoms with van der Waals surface area (Å²) in [5, 5.41) is 2.73. The Hall–Kier alpha value is -3.25. The highest BCUT2D eigenvalue weighted by molar-refractivity contribution is 6.31. The van der Waals surface area contributed by atoms with Gasteiger partial charge in [-0.2, -0.15) is 26.3 Å². The largest absolute Gasteiger partial charge is 0.446 e. The molecule has 3 N–H and O–H groups in total. The van der Waals surface area contributed by atoms with Gasteiger partial charge in [0.2, 0.25) is 5.82 Å². The lowest BCUT2D eigenvalue weighted by Gasteiger charge is -2.35. The van der Waals surface area contributed by atoms with E-state index in [0.717, 1.165) is 12.1 Å². The molecule has 4 rings (SSSR count). The summed E-state index contributed by atoms with van der Waals surface area (Å²) in [7, 11) is 0. The van der Waals surface area contributed by atoms with Gasteiger partial charge in [0, 0.05) is 10.0 Å². The van der Waals surface area contributed by atoms with E-state index in [1.807, 2.05) is 0 Å². The maximum absolute atomic E-state index is 14.3. The number of amidine groups is 1. The van der Waals surface area contributed by atoms with Gasteiger partial charge in [0.25, 0.3) is 11.4 Å². The Morgan fingerprint density at radius 1 is 0.824 bits per heavy atom. The molecule has 0 radical (unpaired) electrons. The maximum Gasteiger partial charge on any atom is 0.446 e. The number of fused-ring (bicyclic) bond motifs is 1. The van der Waals surface area contributed by atoms with Crippen molar-refractivity contribution < 1.29 is 31.3 Å². The van der Waals surface area contributed by atoms with Crippen LogP contribution in [0, 0.1) is 0 Å². The van der Waals surface area contributed by atoms with Gasteiger partial charge in [0.05, 0.1) is 11.3 Å². The molecule has 0 saturated heterocycles. The number of nitrogens with one attached hydrogen (secondary N) is 3. The van der Waals surface area contributed by atoms with Crippen molar-refractivity contribution in [1.29, 1.82) is 0 Å². The highest BCUT2D eigenvalue weighted by Crippen LogP contribution is 2.48. The molecule has 1 aromatic heterocycles. The first kappa shape index (κ1) is 23.9. The van der Waals surface area contributed by atoms with Crippen LogP contribution < -0.4 is 21.6 Å². The van der Waals surface area contributed by atoms with Crippen molar-refractivity contribution in [2.45, 2.75) is 17.9 Å². The van der Waals surface area contributed by atoms with Crippen LogP contribution in [0.5, 0.6) is 0 Å². The molecule has 2 heterocycles. The predicted molar refractivity (Wildman–Crippen MR) is 112 cm³/mol. The van der Waals surface area contributed by atoms with Crippen LogP contribution in [-0.2, 0) is 5.54 Å². The first-order valence-corrected chi connectivity index (χ1v) is 9.99. The summed E-state index contributed by atoms with van der Waals surface area (Å²) in [4.78, 5) is 28.1. The lowest BCUT2D eigenvalue weighted by atomic mass is 9.87. The highest BCUT2D eigenvalue weighted by Gasteiger charge is 2.78. The van der Waals surface area contributed by atoms with Gasteiger partial charge in [-0.15, -0.1) is 0 Å². The van der Waals surface area contributed by atoms with E-state index in [1.165, 1.54) is 41.4 Å². The fourth-order valence-corrected chi connectivity index (χ4v) is 3.84. The van der Waals surface area contributed by atoms with Crippen LogP contribution in [0.4, 0.5) is 32.2 Å². The molecule has 0 bridgehead atoms. The smallest absolute Gasteiger partial charge is 0.273 e. The number of nitrogens with zero attached hydrogens (tertiary/aromatic N) is 1. The average Bonchev–Trinajstić information content (AvgIpc) is 2.73. The zero-order valence-corrected chi connectivity index (χ0v) is 17.9. The third-order valence-corrected chi connectivity index (χ3v) is 5.61. The van der Waals surface area contributed by atoms with Crippen molar-refractivity contribution in [1.82, 2.24) is 9.55 Å². The summed E-state index contributed by atoms with van der Waals surface area (Å²) in [6, 6.07) is 9.74. The van der Waals surface area contributed by atoms with E-state index < -0.39 is 46.4 Å². The summed E-state index contributed by atoms with van der Waals surface area (Å²) in [6.07, 6.45) is -12.1. The lowest BCUT2D eigenvalue weighted by molar-refractivity contribution is -0.658. The van der Waals surface area contributed by atoms with Crippen molar-refractivity contribution in [3.63, 3.8) is 0 Å². The molecule has 0 atom stereocenters. The molecule has 0 aliphatic carbocycles. The van der Waals surface area contributed by atoms with Gasteiger partial charge in [0.15, 0.2) is 0 Å². The van der Waals surface area contributed by atoms with Crippen LogP contribution in [0.1, 0.15) is 11.1 Å². The number of anilines is 1. The topological polar surface area (TPSA) is 80.9 Å². The molecule has 6 nitrogen and oxygen atoms in total. The van der Waals surface area contributed by atoms with Crippen LogP contribution in [0.3, 0.4) is 0 Å². The Morgan fingerprint density at radius 2 is 1.32 bits per heavy atom. The van der Waals surface area contributed by atoms with E-state index in [0.29, 0.717) is 4.57 Å². The van der Waals surface area contributed by atoms with Crippen molar-refractivity contribution in [2.24, 2.45) is 0 Å². The number of aromatic nitrogens is 2. The second-order valence-corrected chi connectivity index (χ2v) is 8.04. The Kier molecular flexibility index (Phi) is 5.56. The van der Waals surface area contributed by atoms with E-state index in [2.05, 4.69) is 5.32 Å². The summed E-state index contributed by atoms with van der Waals surface area (Å²) in [5.41, 5.74) is -10.1. The second kappa shape index (κ2) is 7.91. The number of halogens is 8. The van der Waals surface area contributed by atoms with Gasteiger partial charge in [-0.25, -0.2) is 19.7 Å². The van der Waals surface area contributed by atoms with E-state index in [-0.39, 0.29) is 21.3 Å². The van der Waals surface area contributed by atoms with Crippen molar-refractivity contribution in [3.05, 3.63) is 90.5 Å². The zero-order valence-electron chi connectivity index (χ0n) is 16.4. The third-order valence-electron chi connectivity index (χ3n) is 5.11. The minimum atomic E-state index is -6.06.